The molecular formula is C17H25ClN6O. The largest absolute Gasteiger partial charge is 0.312 e. The molecule has 0 aromatic carbocycles. The second-order valence-electron chi connectivity index (χ2n) is 6.90. The van der Waals surface area contributed by atoms with Gasteiger partial charge in [0.25, 0.3) is 5.91 Å². The van der Waals surface area contributed by atoms with Gasteiger partial charge in [-0.25, -0.2) is 0 Å². The number of carbonyl (C=O) groups is 1. The number of anilines is 1. The number of hydrogen-bond acceptors (Lipinski definition) is 4. The maximum atomic E-state index is 12.5. The number of rotatable bonds is 4. The number of nitrogens with zero attached hydrogens (tertiary/aromatic N) is 2. The van der Waals surface area contributed by atoms with E-state index in [1.165, 1.54) is 32.1 Å². The van der Waals surface area contributed by atoms with Crippen LogP contribution >= 0.6 is 12.4 Å². The van der Waals surface area contributed by atoms with E-state index >= 15 is 0 Å². The second kappa shape index (κ2) is 8.01. The van der Waals surface area contributed by atoms with Crippen LogP contribution in [0.25, 0.3) is 0 Å². The number of amides is 1. The Balaban J connectivity index is 0.00000182. The number of H-pyrrole nitrogens is 2. The minimum absolute atomic E-state index is 0. The van der Waals surface area contributed by atoms with Crippen molar-refractivity contribution < 1.29 is 4.79 Å². The molecule has 1 saturated carbocycles. The van der Waals surface area contributed by atoms with Gasteiger partial charge < -0.3 is 10.6 Å². The summed E-state index contributed by atoms with van der Waals surface area (Å²) in [7, 11) is 0. The minimum atomic E-state index is -0.202. The lowest BCUT2D eigenvalue weighted by Gasteiger charge is -2.20. The van der Waals surface area contributed by atoms with E-state index < -0.39 is 0 Å². The van der Waals surface area contributed by atoms with Crippen molar-refractivity contribution in [2.24, 2.45) is 5.92 Å². The number of aromatic amines is 2. The fraction of sp³-hybridized carbons (Fsp3) is 0.588. The summed E-state index contributed by atoms with van der Waals surface area (Å²) in [5.41, 5.74) is 3.59. The number of carbonyl (C=O) groups excluding carboxylic acids is 1. The Morgan fingerprint density at radius 2 is 2.04 bits per heavy atom. The Morgan fingerprint density at radius 1 is 1.20 bits per heavy atom. The van der Waals surface area contributed by atoms with E-state index in [0.29, 0.717) is 18.1 Å². The van der Waals surface area contributed by atoms with Gasteiger partial charge in [0.05, 0.1) is 0 Å². The van der Waals surface area contributed by atoms with E-state index in [4.69, 9.17) is 0 Å². The van der Waals surface area contributed by atoms with Crippen molar-refractivity contribution in [3.8, 4) is 0 Å². The third-order valence-corrected chi connectivity index (χ3v) is 5.13. The first kappa shape index (κ1) is 17.9. The standard InChI is InChI=1S/C17H24N6O.ClH/c24-17(16-13-10-18-7-6-14(13)21-23-16)19-15-9-12(20-22-15)8-11-4-2-1-3-5-11;/h9,11,18H,1-8,10H2,(H,21,23)(H2,19,20,22,24);1H. The molecule has 3 heterocycles. The zero-order valence-corrected chi connectivity index (χ0v) is 15.0. The Kier molecular flexibility index (Phi) is 5.75. The van der Waals surface area contributed by atoms with Crippen molar-refractivity contribution in [2.75, 3.05) is 11.9 Å². The first-order valence-electron chi connectivity index (χ1n) is 8.92. The van der Waals surface area contributed by atoms with Gasteiger partial charge in [-0.15, -0.1) is 12.4 Å². The van der Waals surface area contributed by atoms with Crippen molar-refractivity contribution in [1.29, 1.82) is 0 Å². The monoisotopic (exact) mass is 364 g/mol. The maximum Gasteiger partial charge on any atom is 0.277 e. The van der Waals surface area contributed by atoms with Crippen molar-refractivity contribution >= 4 is 24.1 Å². The predicted molar refractivity (Wildman–Crippen MR) is 98.1 cm³/mol. The average molecular weight is 365 g/mol. The molecule has 0 atom stereocenters. The van der Waals surface area contributed by atoms with Gasteiger partial charge in [-0.3, -0.25) is 15.0 Å². The number of fused-ring (bicyclic) bond motifs is 1. The molecule has 136 valence electrons. The molecule has 1 fully saturated rings. The van der Waals surface area contributed by atoms with Gasteiger partial charge in [-0.2, -0.15) is 10.2 Å². The number of aromatic nitrogens is 4. The fourth-order valence-electron chi connectivity index (χ4n) is 3.82. The summed E-state index contributed by atoms with van der Waals surface area (Å²) in [6.45, 7) is 1.60. The summed E-state index contributed by atoms with van der Waals surface area (Å²) in [6, 6.07) is 1.95. The lowest BCUT2D eigenvalue weighted by Crippen LogP contribution is -2.25. The van der Waals surface area contributed by atoms with Crippen LogP contribution in [0.3, 0.4) is 0 Å². The molecule has 1 amide bonds. The summed E-state index contributed by atoms with van der Waals surface area (Å²) < 4.78 is 0. The smallest absolute Gasteiger partial charge is 0.277 e. The van der Waals surface area contributed by atoms with Crippen molar-refractivity contribution in [3.05, 3.63) is 28.7 Å². The highest BCUT2D eigenvalue weighted by Gasteiger charge is 2.22. The van der Waals surface area contributed by atoms with E-state index in [1.54, 1.807) is 0 Å². The minimum Gasteiger partial charge on any atom is -0.312 e. The number of nitrogens with one attached hydrogen (secondary N) is 4. The van der Waals surface area contributed by atoms with Gasteiger partial charge in [0, 0.05) is 42.5 Å². The quantitative estimate of drug-likeness (QED) is 0.670. The zero-order chi connectivity index (χ0) is 16.4. The van der Waals surface area contributed by atoms with Gasteiger partial charge >= 0.3 is 0 Å². The molecule has 0 unspecified atom stereocenters. The Morgan fingerprint density at radius 3 is 2.88 bits per heavy atom. The Labute approximate surface area is 153 Å². The highest BCUT2D eigenvalue weighted by Crippen LogP contribution is 2.27. The van der Waals surface area contributed by atoms with Crippen molar-refractivity contribution in [1.82, 2.24) is 25.7 Å². The van der Waals surface area contributed by atoms with Crippen LogP contribution in [0.15, 0.2) is 6.07 Å². The lowest BCUT2D eigenvalue weighted by molar-refractivity contribution is 0.102. The van der Waals surface area contributed by atoms with Crippen LogP contribution in [0.1, 0.15) is 59.5 Å². The lowest BCUT2D eigenvalue weighted by atomic mass is 9.86. The van der Waals surface area contributed by atoms with E-state index in [0.717, 1.165) is 42.3 Å². The molecule has 0 saturated heterocycles. The predicted octanol–water partition coefficient (Wildman–Crippen LogP) is 2.58. The zero-order valence-electron chi connectivity index (χ0n) is 14.2. The van der Waals surface area contributed by atoms with Crippen LogP contribution in [-0.2, 0) is 19.4 Å². The first-order valence-corrected chi connectivity index (χ1v) is 8.92. The van der Waals surface area contributed by atoms with E-state index in [1.807, 2.05) is 6.07 Å². The molecule has 7 nitrogen and oxygen atoms in total. The van der Waals surface area contributed by atoms with Crippen LogP contribution in [0.2, 0.25) is 0 Å². The molecule has 25 heavy (non-hydrogen) atoms. The molecule has 0 bridgehead atoms. The van der Waals surface area contributed by atoms with E-state index in [-0.39, 0.29) is 18.3 Å². The SMILES string of the molecule is Cl.O=C(Nc1cc(CC2CCCCC2)[nH]n1)c1n[nH]c2c1CNCC2. The molecule has 8 heteroatoms. The first-order chi connectivity index (χ1) is 11.8. The topological polar surface area (TPSA) is 98.5 Å². The highest BCUT2D eigenvalue weighted by atomic mass is 35.5. The molecule has 0 radical (unpaired) electrons. The molecule has 2 aromatic heterocycles. The molecule has 2 aliphatic rings. The highest BCUT2D eigenvalue weighted by molar-refractivity contribution is 6.03. The number of halogens is 1. The molecule has 1 aliphatic heterocycles. The van der Waals surface area contributed by atoms with Gasteiger partial charge in [0.2, 0.25) is 0 Å². The van der Waals surface area contributed by atoms with Crippen LogP contribution in [0.4, 0.5) is 5.82 Å². The summed E-state index contributed by atoms with van der Waals surface area (Å²) in [5, 5.41) is 20.6. The van der Waals surface area contributed by atoms with Gasteiger partial charge in [0.15, 0.2) is 11.5 Å². The van der Waals surface area contributed by atoms with Crippen molar-refractivity contribution in [2.45, 2.75) is 51.5 Å². The third kappa shape index (κ3) is 4.04. The Bertz CT molecular complexity index is 719. The van der Waals surface area contributed by atoms with E-state index in [9.17, 15) is 4.79 Å². The van der Waals surface area contributed by atoms with Crippen LogP contribution in [0, 0.1) is 5.92 Å². The molecular weight excluding hydrogens is 340 g/mol. The van der Waals surface area contributed by atoms with Gasteiger partial charge in [0.1, 0.15) is 0 Å². The normalized spacial score (nSPS) is 17.6. The average Bonchev–Trinajstić information content (AvgIpc) is 3.22. The summed E-state index contributed by atoms with van der Waals surface area (Å²) >= 11 is 0. The maximum absolute atomic E-state index is 12.5. The summed E-state index contributed by atoms with van der Waals surface area (Å²) in [4.78, 5) is 12.5. The van der Waals surface area contributed by atoms with Gasteiger partial charge in [-0.05, 0) is 12.3 Å². The summed E-state index contributed by atoms with van der Waals surface area (Å²) in [6.07, 6.45) is 8.53. The summed E-state index contributed by atoms with van der Waals surface area (Å²) in [5.74, 6) is 1.12. The van der Waals surface area contributed by atoms with Crippen LogP contribution in [-0.4, -0.2) is 32.8 Å². The second-order valence-corrected chi connectivity index (χ2v) is 6.90. The molecule has 1 aliphatic carbocycles. The third-order valence-electron chi connectivity index (χ3n) is 5.13. The number of hydrogen-bond donors (Lipinski definition) is 4. The van der Waals surface area contributed by atoms with Crippen LogP contribution < -0.4 is 10.6 Å². The van der Waals surface area contributed by atoms with Gasteiger partial charge in [-0.1, -0.05) is 32.1 Å². The molecule has 2 aromatic rings. The molecule has 4 rings (SSSR count). The van der Waals surface area contributed by atoms with Crippen LogP contribution in [0.5, 0.6) is 0 Å². The molecule has 4 N–H and O–H groups in total. The Hall–Kier alpha value is -1.86. The van der Waals surface area contributed by atoms with Crippen molar-refractivity contribution in [3.63, 3.8) is 0 Å². The molecule has 0 spiro atoms. The van der Waals surface area contributed by atoms with E-state index in [2.05, 4.69) is 31.0 Å². The fourth-order valence-corrected chi connectivity index (χ4v) is 3.82.